The van der Waals surface area contributed by atoms with Crippen molar-refractivity contribution >= 4 is 15.9 Å². The average Bonchev–Trinajstić information content (AvgIpc) is 2.64. The lowest BCUT2D eigenvalue weighted by molar-refractivity contribution is 0.122. The highest BCUT2D eigenvalue weighted by Gasteiger charge is 2.23. The largest absolute Gasteiger partial charge is 0.378 e. The lowest BCUT2D eigenvalue weighted by Gasteiger charge is -2.34. The fourth-order valence-electron chi connectivity index (χ4n) is 3.49. The van der Waals surface area contributed by atoms with E-state index in [2.05, 4.69) is 43.5 Å². The monoisotopic (exact) mass is 368 g/mol. The molecule has 25 heavy (non-hydrogen) atoms. The molecule has 2 fully saturated rings. The van der Waals surface area contributed by atoms with Crippen molar-refractivity contribution in [3.05, 3.63) is 29.8 Å². The molecule has 2 N–H and O–H groups in total. The maximum absolute atomic E-state index is 11.6. The van der Waals surface area contributed by atoms with E-state index in [1.807, 2.05) is 0 Å². The normalized spacial score (nSPS) is 20.8. The molecule has 2 heterocycles. The second kappa shape index (κ2) is 8.46. The SMILES string of the molecule is CNS(=O)(=O)NC1CCN(Cc2ccccc2N2CCOCC2)CC1. The van der Waals surface area contributed by atoms with Crippen LogP contribution in [0.15, 0.2) is 24.3 Å². The summed E-state index contributed by atoms with van der Waals surface area (Å²) in [7, 11) is -1.92. The van der Waals surface area contributed by atoms with Crippen LogP contribution >= 0.6 is 0 Å². The highest BCUT2D eigenvalue weighted by Crippen LogP contribution is 2.24. The summed E-state index contributed by atoms with van der Waals surface area (Å²) in [4.78, 5) is 4.80. The van der Waals surface area contributed by atoms with Crippen LogP contribution in [0.25, 0.3) is 0 Å². The molecule has 0 bridgehead atoms. The van der Waals surface area contributed by atoms with Crippen LogP contribution in [0.5, 0.6) is 0 Å². The third-order valence-corrected chi connectivity index (χ3v) is 6.10. The first-order valence-electron chi connectivity index (χ1n) is 8.91. The molecular formula is C17H28N4O3S. The van der Waals surface area contributed by atoms with Gasteiger partial charge in [-0.2, -0.15) is 13.1 Å². The Labute approximate surface area is 150 Å². The van der Waals surface area contributed by atoms with E-state index in [0.29, 0.717) is 0 Å². The molecule has 1 aromatic rings. The zero-order valence-corrected chi connectivity index (χ0v) is 15.6. The van der Waals surface area contributed by atoms with Gasteiger partial charge in [-0.05, 0) is 24.5 Å². The van der Waals surface area contributed by atoms with Gasteiger partial charge in [-0.15, -0.1) is 0 Å². The minimum Gasteiger partial charge on any atom is -0.378 e. The number of ether oxygens (including phenoxy) is 1. The van der Waals surface area contributed by atoms with E-state index in [-0.39, 0.29) is 6.04 Å². The predicted molar refractivity (Wildman–Crippen MR) is 98.9 cm³/mol. The molecule has 0 spiro atoms. The molecule has 0 aliphatic carbocycles. The van der Waals surface area contributed by atoms with E-state index in [9.17, 15) is 8.42 Å². The van der Waals surface area contributed by atoms with Crippen LogP contribution in [0, 0.1) is 0 Å². The van der Waals surface area contributed by atoms with Gasteiger partial charge in [0.15, 0.2) is 0 Å². The Bertz CT molecular complexity index is 654. The number of likely N-dealkylation sites (tertiary alicyclic amines) is 1. The van der Waals surface area contributed by atoms with E-state index >= 15 is 0 Å². The van der Waals surface area contributed by atoms with Gasteiger partial charge < -0.3 is 9.64 Å². The first-order valence-corrected chi connectivity index (χ1v) is 10.4. The van der Waals surface area contributed by atoms with E-state index in [4.69, 9.17) is 4.74 Å². The number of nitrogens with zero attached hydrogens (tertiary/aromatic N) is 2. The molecule has 140 valence electrons. The summed E-state index contributed by atoms with van der Waals surface area (Å²) in [5, 5.41) is 0. The lowest BCUT2D eigenvalue weighted by Crippen LogP contribution is -2.47. The van der Waals surface area contributed by atoms with Gasteiger partial charge in [0.2, 0.25) is 0 Å². The first kappa shape index (κ1) is 18.6. The molecule has 2 saturated heterocycles. The number of benzene rings is 1. The Kier molecular flexibility index (Phi) is 6.29. The second-order valence-corrected chi connectivity index (χ2v) is 8.25. The first-order chi connectivity index (χ1) is 12.1. The maximum atomic E-state index is 11.6. The van der Waals surface area contributed by atoms with Crippen molar-refractivity contribution in [1.82, 2.24) is 14.3 Å². The van der Waals surface area contributed by atoms with Crippen molar-refractivity contribution < 1.29 is 13.2 Å². The highest BCUT2D eigenvalue weighted by atomic mass is 32.2. The summed E-state index contributed by atoms with van der Waals surface area (Å²) in [6.07, 6.45) is 1.67. The number of piperidine rings is 1. The van der Waals surface area contributed by atoms with Crippen molar-refractivity contribution in [3.8, 4) is 0 Å². The second-order valence-electron chi connectivity index (χ2n) is 6.60. The molecule has 1 aromatic carbocycles. The van der Waals surface area contributed by atoms with Crippen LogP contribution in [0.4, 0.5) is 5.69 Å². The number of anilines is 1. The third kappa shape index (κ3) is 5.15. The molecule has 3 rings (SSSR count). The van der Waals surface area contributed by atoms with Gasteiger partial charge in [0.05, 0.1) is 13.2 Å². The smallest absolute Gasteiger partial charge is 0.276 e. The van der Waals surface area contributed by atoms with E-state index < -0.39 is 10.2 Å². The molecule has 7 nitrogen and oxygen atoms in total. The summed E-state index contributed by atoms with van der Waals surface area (Å²) < 4.78 is 33.7. The van der Waals surface area contributed by atoms with Crippen LogP contribution < -0.4 is 14.3 Å². The summed E-state index contributed by atoms with van der Waals surface area (Å²) >= 11 is 0. The van der Waals surface area contributed by atoms with E-state index in [1.54, 1.807) is 0 Å². The van der Waals surface area contributed by atoms with Crippen molar-refractivity contribution in [3.63, 3.8) is 0 Å². The van der Waals surface area contributed by atoms with Gasteiger partial charge in [-0.1, -0.05) is 18.2 Å². The number of rotatable bonds is 6. The Morgan fingerprint density at radius 1 is 1.12 bits per heavy atom. The lowest BCUT2D eigenvalue weighted by atomic mass is 10.0. The van der Waals surface area contributed by atoms with E-state index in [0.717, 1.165) is 58.8 Å². The molecule has 0 amide bonds. The number of nitrogens with one attached hydrogen (secondary N) is 2. The summed E-state index contributed by atoms with van der Waals surface area (Å²) in [6.45, 7) is 6.13. The third-order valence-electron chi connectivity index (χ3n) is 4.92. The van der Waals surface area contributed by atoms with Gasteiger partial charge >= 0.3 is 0 Å². The van der Waals surface area contributed by atoms with Crippen LogP contribution in [0.1, 0.15) is 18.4 Å². The van der Waals surface area contributed by atoms with Gasteiger partial charge in [0, 0.05) is 51.5 Å². The minimum atomic E-state index is -3.35. The van der Waals surface area contributed by atoms with E-state index in [1.165, 1.54) is 18.3 Å². The topological polar surface area (TPSA) is 73.9 Å². The maximum Gasteiger partial charge on any atom is 0.276 e. The number of hydrogen-bond donors (Lipinski definition) is 2. The molecule has 0 aromatic heterocycles. The zero-order chi connectivity index (χ0) is 17.7. The van der Waals surface area contributed by atoms with Gasteiger partial charge in [0.25, 0.3) is 10.2 Å². The fraction of sp³-hybridized carbons (Fsp3) is 0.647. The molecule has 0 saturated carbocycles. The van der Waals surface area contributed by atoms with Crippen LogP contribution in [0.3, 0.4) is 0 Å². The number of morpholine rings is 1. The zero-order valence-electron chi connectivity index (χ0n) is 14.8. The van der Waals surface area contributed by atoms with Crippen LogP contribution in [0.2, 0.25) is 0 Å². The summed E-state index contributed by atoms with van der Waals surface area (Å²) in [5.41, 5.74) is 2.63. The number of para-hydroxylation sites is 1. The van der Waals surface area contributed by atoms with Crippen molar-refractivity contribution in [1.29, 1.82) is 0 Å². The van der Waals surface area contributed by atoms with Gasteiger partial charge in [0.1, 0.15) is 0 Å². The Balaban J connectivity index is 1.57. The minimum absolute atomic E-state index is 0.0168. The summed E-state index contributed by atoms with van der Waals surface area (Å²) in [5.74, 6) is 0. The molecule has 8 heteroatoms. The van der Waals surface area contributed by atoms with Crippen molar-refractivity contribution in [2.75, 3.05) is 51.3 Å². The van der Waals surface area contributed by atoms with Gasteiger partial charge in [-0.25, -0.2) is 4.72 Å². The molecule has 2 aliphatic heterocycles. The molecule has 2 aliphatic rings. The summed E-state index contributed by atoms with van der Waals surface area (Å²) in [6, 6.07) is 8.58. The van der Waals surface area contributed by atoms with Crippen LogP contribution in [-0.4, -0.2) is 65.8 Å². The standard InChI is InChI=1S/C17H28N4O3S/c1-18-25(22,23)19-16-6-8-20(9-7-16)14-15-4-2-3-5-17(15)21-10-12-24-13-11-21/h2-5,16,18-19H,6-14H2,1H3. The Morgan fingerprint density at radius 2 is 1.80 bits per heavy atom. The fourth-order valence-corrected chi connectivity index (χ4v) is 4.28. The molecule has 0 atom stereocenters. The van der Waals surface area contributed by atoms with Crippen LogP contribution in [-0.2, 0) is 21.5 Å². The molecular weight excluding hydrogens is 340 g/mol. The quantitative estimate of drug-likeness (QED) is 0.767. The average molecular weight is 369 g/mol. The Morgan fingerprint density at radius 3 is 2.48 bits per heavy atom. The number of hydrogen-bond acceptors (Lipinski definition) is 5. The van der Waals surface area contributed by atoms with Crippen molar-refractivity contribution in [2.45, 2.75) is 25.4 Å². The molecule has 0 radical (unpaired) electrons. The molecule has 0 unspecified atom stereocenters. The predicted octanol–water partition coefficient (Wildman–Crippen LogP) is 0.541. The Hall–Kier alpha value is -1.19. The highest BCUT2D eigenvalue weighted by molar-refractivity contribution is 7.87. The van der Waals surface area contributed by atoms with Crippen molar-refractivity contribution in [2.24, 2.45) is 0 Å². The van der Waals surface area contributed by atoms with Gasteiger partial charge in [-0.3, -0.25) is 4.90 Å².